The van der Waals surface area contributed by atoms with Gasteiger partial charge in [-0.1, -0.05) is 12.1 Å². The van der Waals surface area contributed by atoms with Gasteiger partial charge in [0.15, 0.2) is 0 Å². The second-order valence-electron chi connectivity index (χ2n) is 7.45. The van der Waals surface area contributed by atoms with Crippen LogP contribution in [0.4, 0.5) is 15.0 Å². The van der Waals surface area contributed by atoms with Gasteiger partial charge in [-0.2, -0.15) is 14.5 Å². The molecule has 1 amide bonds. The fraction of sp³-hybridized carbons (Fsp3) is 0.0870. The number of carbonyl (C=O) groups is 1. The van der Waals surface area contributed by atoms with Crippen LogP contribution in [-0.4, -0.2) is 35.5 Å². The average Bonchev–Trinajstić information content (AvgIpc) is 3.08. The lowest BCUT2D eigenvalue weighted by molar-refractivity contribution is 0.209. The van der Waals surface area contributed by atoms with Crippen LogP contribution in [0, 0.1) is 5.95 Å². The lowest BCUT2D eigenvalue weighted by Gasteiger charge is -2.07. The summed E-state index contributed by atoms with van der Waals surface area (Å²) in [7, 11) is 1.76. The van der Waals surface area contributed by atoms with E-state index in [1.165, 1.54) is 22.9 Å². The van der Waals surface area contributed by atoms with Crippen molar-refractivity contribution in [2.75, 3.05) is 5.32 Å². The first kappa shape index (κ1) is 21.1. The summed E-state index contributed by atoms with van der Waals surface area (Å²) in [6.45, 7) is 0.0606. The number of rotatable bonds is 5. The van der Waals surface area contributed by atoms with Crippen molar-refractivity contribution in [2.24, 2.45) is 7.05 Å². The topological polar surface area (TPSA) is 124 Å². The third kappa shape index (κ3) is 3.90. The van der Waals surface area contributed by atoms with Gasteiger partial charge < -0.3 is 14.4 Å². The fourth-order valence-electron chi connectivity index (χ4n) is 3.78. The van der Waals surface area contributed by atoms with E-state index in [1.54, 1.807) is 54.2 Å². The van der Waals surface area contributed by atoms with Gasteiger partial charge in [0, 0.05) is 30.0 Å². The number of aromatic nitrogens is 5. The highest BCUT2D eigenvalue weighted by molar-refractivity contribution is 6.07. The Balaban J connectivity index is 1.53. The number of carboxylic acid groups (broad SMARTS) is 1. The first-order valence-corrected chi connectivity index (χ1v) is 10.1. The molecule has 2 N–H and O–H groups in total. The van der Waals surface area contributed by atoms with Gasteiger partial charge in [-0.3, -0.25) is 10.1 Å². The molecule has 0 aliphatic heterocycles. The Bertz CT molecular complexity index is 1630. The van der Waals surface area contributed by atoms with E-state index in [1.807, 2.05) is 0 Å². The van der Waals surface area contributed by atoms with Gasteiger partial charge in [-0.15, -0.1) is 0 Å². The van der Waals surface area contributed by atoms with Crippen LogP contribution in [0.5, 0.6) is 11.6 Å². The first-order valence-electron chi connectivity index (χ1n) is 10.1. The zero-order valence-corrected chi connectivity index (χ0v) is 17.8. The average molecular weight is 460 g/mol. The summed E-state index contributed by atoms with van der Waals surface area (Å²) in [6.07, 6.45) is 0.376. The molecular formula is C23H17FN6O4. The number of nitrogens with zero attached hydrogens (tertiary/aromatic N) is 5. The molecule has 0 unspecified atom stereocenters. The maximum Gasteiger partial charge on any atom is 0.410 e. The van der Waals surface area contributed by atoms with Crippen LogP contribution in [0.25, 0.3) is 21.8 Å². The zero-order valence-electron chi connectivity index (χ0n) is 17.8. The molecule has 1 aromatic carbocycles. The number of pyridine rings is 2. The molecule has 0 radical (unpaired) electrons. The third-order valence-electron chi connectivity index (χ3n) is 5.24. The van der Waals surface area contributed by atoms with Crippen molar-refractivity contribution in [2.45, 2.75) is 6.54 Å². The van der Waals surface area contributed by atoms with Crippen LogP contribution in [0.3, 0.4) is 0 Å². The van der Waals surface area contributed by atoms with Crippen LogP contribution in [-0.2, 0) is 13.6 Å². The number of ether oxygens (including phenoxy) is 1. The van der Waals surface area contributed by atoms with E-state index in [2.05, 4.69) is 20.4 Å². The van der Waals surface area contributed by atoms with E-state index in [4.69, 9.17) is 9.84 Å². The Kier molecular flexibility index (Phi) is 5.13. The number of amides is 1. The minimum Gasteiger partial charge on any atom is -0.465 e. The SMILES string of the molecule is Cn1c2cc(Oc3cccc(F)n3)ccc2c2cnn(Cc3cccc(NC(=O)O)n3)c(=O)c21. The Labute approximate surface area is 190 Å². The number of nitrogens with one attached hydrogen (secondary N) is 1. The third-order valence-corrected chi connectivity index (χ3v) is 5.24. The van der Waals surface area contributed by atoms with Crippen molar-refractivity contribution in [1.82, 2.24) is 24.3 Å². The number of halogens is 1. The van der Waals surface area contributed by atoms with Crippen molar-refractivity contribution >= 4 is 33.7 Å². The van der Waals surface area contributed by atoms with Crippen molar-refractivity contribution in [1.29, 1.82) is 0 Å². The quantitative estimate of drug-likeness (QED) is 0.383. The number of hydrogen-bond acceptors (Lipinski definition) is 6. The largest absolute Gasteiger partial charge is 0.465 e. The van der Waals surface area contributed by atoms with E-state index in [9.17, 15) is 14.0 Å². The van der Waals surface area contributed by atoms with Gasteiger partial charge in [0.05, 0.1) is 24.0 Å². The van der Waals surface area contributed by atoms with Gasteiger partial charge in [0.25, 0.3) is 5.56 Å². The van der Waals surface area contributed by atoms with Gasteiger partial charge in [0.2, 0.25) is 11.8 Å². The van der Waals surface area contributed by atoms with Crippen molar-refractivity contribution in [3.63, 3.8) is 0 Å². The van der Waals surface area contributed by atoms with Crippen molar-refractivity contribution in [3.05, 3.63) is 82.8 Å². The molecule has 11 heteroatoms. The van der Waals surface area contributed by atoms with Crippen molar-refractivity contribution < 1.29 is 19.0 Å². The second kappa shape index (κ2) is 8.28. The van der Waals surface area contributed by atoms with Crippen LogP contribution in [0.15, 0.2) is 65.6 Å². The molecule has 0 aliphatic rings. The van der Waals surface area contributed by atoms with E-state index in [0.717, 1.165) is 10.9 Å². The number of benzene rings is 1. The van der Waals surface area contributed by atoms with Crippen LogP contribution >= 0.6 is 0 Å². The smallest absolute Gasteiger partial charge is 0.410 e. The molecule has 10 nitrogen and oxygen atoms in total. The fourth-order valence-corrected chi connectivity index (χ4v) is 3.78. The van der Waals surface area contributed by atoms with Gasteiger partial charge in [-0.05, 0) is 30.3 Å². The summed E-state index contributed by atoms with van der Waals surface area (Å²) < 4.78 is 22.0. The summed E-state index contributed by atoms with van der Waals surface area (Å²) in [4.78, 5) is 32.0. The predicted molar refractivity (Wildman–Crippen MR) is 122 cm³/mol. The van der Waals surface area contributed by atoms with Gasteiger partial charge in [0.1, 0.15) is 17.1 Å². The normalized spacial score (nSPS) is 11.1. The molecule has 0 atom stereocenters. The maximum atomic E-state index is 13.4. The predicted octanol–water partition coefficient (Wildman–Crippen LogP) is 3.75. The first-order chi connectivity index (χ1) is 16.4. The Morgan fingerprint density at radius 2 is 1.94 bits per heavy atom. The molecule has 0 fully saturated rings. The number of aryl methyl sites for hydroxylation is 1. The van der Waals surface area contributed by atoms with E-state index in [-0.39, 0.29) is 23.8 Å². The molecule has 0 saturated carbocycles. The van der Waals surface area contributed by atoms with Gasteiger partial charge in [-0.25, -0.2) is 14.5 Å². The highest BCUT2D eigenvalue weighted by atomic mass is 19.1. The van der Waals surface area contributed by atoms with Crippen LogP contribution in [0.1, 0.15) is 5.69 Å². The summed E-state index contributed by atoms with van der Waals surface area (Å²) >= 11 is 0. The standard InChI is InChI=1S/C23H17FN6O4/c1-29-17-10-14(34-20-7-3-5-18(24)27-20)8-9-15(17)16-11-25-30(22(31)21(16)29)12-13-4-2-6-19(26-13)28-23(32)33/h2-11H,12H2,1H3,(H,26,28)(H,32,33). The van der Waals surface area contributed by atoms with E-state index in [0.29, 0.717) is 22.3 Å². The molecule has 0 bridgehead atoms. The second-order valence-corrected chi connectivity index (χ2v) is 7.45. The number of anilines is 1. The summed E-state index contributed by atoms with van der Waals surface area (Å²) in [5.74, 6) is 0.0728. The minimum atomic E-state index is -1.23. The van der Waals surface area contributed by atoms with Gasteiger partial charge >= 0.3 is 6.09 Å². The minimum absolute atomic E-state index is 0.0606. The molecule has 0 spiro atoms. The Hall–Kier alpha value is -4.80. The molecule has 0 saturated heterocycles. The highest BCUT2D eigenvalue weighted by Gasteiger charge is 2.16. The van der Waals surface area contributed by atoms with Crippen molar-refractivity contribution in [3.8, 4) is 11.6 Å². The highest BCUT2D eigenvalue weighted by Crippen LogP contribution is 2.30. The Morgan fingerprint density at radius 1 is 1.12 bits per heavy atom. The molecule has 4 aromatic heterocycles. The molecule has 5 aromatic rings. The summed E-state index contributed by atoms with van der Waals surface area (Å²) in [5.41, 5.74) is 1.30. The Morgan fingerprint density at radius 3 is 2.74 bits per heavy atom. The number of fused-ring (bicyclic) bond motifs is 3. The van der Waals surface area contributed by atoms with Crippen LogP contribution in [0.2, 0.25) is 0 Å². The lowest BCUT2D eigenvalue weighted by Crippen LogP contribution is -2.25. The summed E-state index contributed by atoms with van der Waals surface area (Å²) in [6, 6.07) is 14.4. The maximum absolute atomic E-state index is 13.4. The summed E-state index contributed by atoms with van der Waals surface area (Å²) in [5, 5.41) is 16.8. The molecule has 34 heavy (non-hydrogen) atoms. The molecule has 4 heterocycles. The zero-order chi connectivity index (χ0) is 23.8. The lowest BCUT2D eigenvalue weighted by atomic mass is 10.2. The van der Waals surface area contributed by atoms with E-state index >= 15 is 0 Å². The molecule has 0 aliphatic carbocycles. The van der Waals surface area contributed by atoms with Crippen LogP contribution < -0.4 is 15.6 Å². The monoisotopic (exact) mass is 460 g/mol. The van der Waals surface area contributed by atoms with E-state index < -0.39 is 12.0 Å². The molecule has 5 rings (SSSR count). The molecular weight excluding hydrogens is 443 g/mol. The molecule has 170 valence electrons. The number of hydrogen-bond donors (Lipinski definition) is 2.